The van der Waals surface area contributed by atoms with Crippen LogP contribution in [0, 0.1) is 0 Å². The van der Waals surface area contributed by atoms with Gasteiger partial charge in [-0.05, 0) is 32.0 Å². The van der Waals surface area contributed by atoms with Gasteiger partial charge in [0.2, 0.25) is 0 Å². The maximum atomic E-state index is 11.3. The fourth-order valence-corrected chi connectivity index (χ4v) is 1.60. The number of methoxy groups -OCH3 is 1. The maximum absolute atomic E-state index is 11.3. The Morgan fingerprint density at radius 1 is 1.35 bits per heavy atom. The lowest BCUT2D eigenvalue weighted by Crippen LogP contribution is -2.13. The molecule has 5 nitrogen and oxygen atoms in total. The fraction of sp³-hybridized carbons (Fsp3) is 0.286. The molecule has 1 rings (SSSR count). The molecule has 1 aromatic carbocycles. The van der Waals surface area contributed by atoms with Gasteiger partial charge in [-0.1, -0.05) is 11.6 Å². The Morgan fingerprint density at radius 3 is 2.50 bits per heavy atom. The number of hydrogen-bond acceptors (Lipinski definition) is 5. The molecule has 0 fully saturated rings. The van der Waals surface area contributed by atoms with E-state index in [4.69, 9.17) is 16.3 Å². The van der Waals surface area contributed by atoms with Gasteiger partial charge >= 0.3 is 5.97 Å². The Kier molecular flexibility index (Phi) is 5.58. The van der Waals surface area contributed by atoms with Crippen LogP contribution in [-0.4, -0.2) is 30.1 Å². The zero-order chi connectivity index (χ0) is 15.3. The zero-order valence-electron chi connectivity index (χ0n) is 11.3. The molecule has 0 aromatic heterocycles. The topological polar surface area (TPSA) is 72.8 Å². The first kappa shape index (κ1) is 16.0. The van der Waals surface area contributed by atoms with Gasteiger partial charge in [-0.2, -0.15) is 0 Å². The van der Waals surface area contributed by atoms with Crippen molar-refractivity contribution in [3.8, 4) is 5.75 Å². The lowest BCUT2D eigenvalue weighted by Gasteiger charge is -2.12. The summed E-state index contributed by atoms with van der Waals surface area (Å²) in [5, 5.41) is 10.1. The summed E-state index contributed by atoms with van der Waals surface area (Å²) in [6.45, 7) is 3.72. The fourth-order valence-electron chi connectivity index (χ4n) is 1.38. The first-order chi connectivity index (χ1) is 9.35. The molecule has 0 aliphatic carbocycles. The van der Waals surface area contributed by atoms with Crippen LogP contribution in [0.5, 0.6) is 5.75 Å². The average molecular weight is 299 g/mol. The number of ether oxygens (including phenoxy) is 2. The third-order valence-electron chi connectivity index (χ3n) is 2.24. The monoisotopic (exact) mass is 298 g/mol. The number of ketones is 1. The molecule has 0 spiro atoms. The highest BCUT2D eigenvalue weighted by molar-refractivity contribution is 6.39. The molecule has 20 heavy (non-hydrogen) atoms. The van der Waals surface area contributed by atoms with Gasteiger partial charge in [0.25, 0.3) is 5.78 Å². The van der Waals surface area contributed by atoms with Crippen molar-refractivity contribution in [1.82, 2.24) is 0 Å². The molecule has 0 heterocycles. The van der Waals surface area contributed by atoms with E-state index in [0.29, 0.717) is 16.3 Å². The van der Waals surface area contributed by atoms with E-state index in [1.165, 1.54) is 12.1 Å². The van der Waals surface area contributed by atoms with Crippen LogP contribution < -0.4 is 4.74 Å². The molecule has 1 aromatic rings. The SMILES string of the molecule is COC(=O)C(=O)C=C(O)c1ccc(OC(C)C)c(Cl)c1. The van der Waals surface area contributed by atoms with Gasteiger partial charge in [-0.25, -0.2) is 4.79 Å². The lowest BCUT2D eigenvalue weighted by atomic mass is 10.1. The van der Waals surface area contributed by atoms with Crippen LogP contribution in [0.1, 0.15) is 19.4 Å². The van der Waals surface area contributed by atoms with Crippen molar-refractivity contribution in [2.75, 3.05) is 7.11 Å². The summed E-state index contributed by atoms with van der Waals surface area (Å²) in [6, 6.07) is 4.54. The summed E-state index contributed by atoms with van der Waals surface area (Å²) in [7, 11) is 1.08. The first-order valence-electron chi connectivity index (χ1n) is 5.84. The smallest absolute Gasteiger partial charge is 0.378 e. The first-order valence-corrected chi connectivity index (χ1v) is 6.22. The molecule has 0 unspecified atom stereocenters. The van der Waals surface area contributed by atoms with E-state index >= 15 is 0 Å². The van der Waals surface area contributed by atoms with Crippen LogP contribution >= 0.6 is 11.6 Å². The van der Waals surface area contributed by atoms with Crippen LogP contribution in [0.4, 0.5) is 0 Å². The molecule has 0 amide bonds. The molecule has 1 N–H and O–H groups in total. The number of esters is 1. The van der Waals surface area contributed by atoms with Gasteiger partial charge in [0.05, 0.1) is 18.2 Å². The second-order valence-corrected chi connectivity index (χ2v) is 4.60. The Balaban J connectivity index is 2.98. The minimum atomic E-state index is -1.05. The summed E-state index contributed by atoms with van der Waals surface area (Å²) in [5.41, 5.74) is 0.295. The number of aliphatic hydroxyl groups excluding tert-OH is 1. The highest BCUT2D eigenvalue weighted by Gasteiger charge is 2.14. The van der Waals surface area contributed by atoms with Crippen LogP contribution in [-0.2, 0) is 14.3 Å². The summed E-state index contributed by atoms with van der Waals surface area (Å²) in [5.74, 6) is -1.91. The zero-order valence-corrected chi connectivity index (χ0v) is 12.1. The van der Waals surface area contributed by atoms with Crippen LogP contribution in [0.15, 0.2) is 24.3 Å². The van der Waals surface area contributed by atoms with Crippen molar-refractivity contribution < 1.29 is 24.2 Å². The number of carbonyl (C=O) groups is 2. The van der Waals surface area contributed by atoms with Crippen molar-refractivity contribution in [2.24, 2.45) is 0 Å². The van der Waals surface area contributed by atoms with Gasteiger partial charge in [0.1, 0.15) is 11.5 Å². The second kappa shape index (κ2) is 6.96. The summed E-state index contributed by atoms with van der Waals surface area (Å²) in [4.78, 5) is 22.2. The molecule has 0 aliphatic rings. The van der Waals surface area contributed by atoms with Gasteiger partial charge < -0.3 is 14.6 Å². The van der Waals surface area contributed by atoms with Gasteiger partial charge in [-0.3, -0.25) is 4.79 Å². The van der Waals surface area contributed by atoms with E-state index in [0.717, 1.165) is 13.2 Å². The quantitative estimate of drug-likeness (QED) is 0.392. The molecule has 0 aliphatic heterocycles. The number of carbonyl (C=O) groups excluding carboxylic acids is 2. The molecule has 0 atom stereocenters. The summed E-state index contributed by atoms with van der Waals surface area (Å²) < 4.78 is 9.69. The molecule has 0 radical (unpaired) electrons. The molecular weight excluding hydrogens is 284 g/mol. The Hall–Kier alpha value is -2.01. The molecule has 6 heteroatoms. The van der Waals surface area contributed by atoms with Crippen LogP contribution in [0.2, 0.25) is 5.02 Å². The predicted octanol–water partition coefficient (Wildman–Crippen LogP) is 2.77. The van der Waals surface area contributed by atoms with Crippen molar-refractivity contribution in [3.63, 3.8) is 0 Å². The number of rotatable bonds is 5. The van der Waals surface area contributed by atoms with Crippen molar-refractivity contribution in [1.29, 1.82) is 0 Å². The van der Waals surface area contributed by atoms with Crippen molar-refractivity contribution in [3.05, 3.63) is 34.9 Å². The average Bonchev–Trinajstić information content (AvgIpc) is 2.39. The molecular formula is C14H15ClO5. The highest BCUT2D eigenvalue weighted by Crippen LogP contribution is 2.28. The minimum absolute atomic E-state index is 0.0385. The molecule has 0 saturated heterocycles. The Morgan fingerprint density at radius 2 is 2.00 bits per heavy atom. The maximum Gasteiger partial charge on any atom is 0.378 e. The van der Waals surface area contributed by atoms with Crippen molar-refractivity contribution >= 4 is 29.1 Å². The van der Waals surface area contributed by atoms with Gasteiger partial charge in [0.15, 0.2) is 0 Å². The molecule has 108 valence electrons. The number of aliphatic hydroxyl groups is 1. The summed E-state index contributed by atoms with van der Waals surface area (Å²) in [6.07, 6.45) is 0.740. The van der Waals surface area contributed by atoms with E-state index in [-0.39, 0.29) is 11.9 Å². The second-order valence-electron chi connectivity index (χ2n) is 4.20. The Labute approximate surface area is 121 Å². The van der Waals surface area contributed by atoms with E-state index in [1.54, 1.807) is 6.07 Å². The van der Waals surface area contributed by atoms with E-state index in [2.05, 4.69) is 4.74 Å². The number of benzene rings is 1. The summed E-state index contributed by atoms with van der Waals surface area (Å²) >= 11 is 6.00. The van der Waals surface area contributed by atoms with Gasteiger partial charge in [0, 0.05) is 11.6 Å². The normalized spacial score (nSPS) is 11.3. The number of hydrogen-bond donors (Lipinski definition) is 1. The number of halogens is 1. The van der Waals surface area contributed by atoms with Crippen LogP contribution in [0.3, 0.4) is 0 Å². The largest absolute Gasteiger partial charge is 0.507 e. The van der Waals surface area contributed by atoms with Crippen LogP contribution in [0.25, 0.3) is 5.76 Å². The highest BCUT2D eigenvalue weighted by atomic mass is 35.5. The third-order valence-corrected chi connectivity index (χ3v) is 2.54. The molecule has 0 saturated carbocycles. The Bertz CT molecular complexity index is 548. The standard InChI is InChI=1S/C14H15ClO5/c1-8(2)20-13-5-4-9(6-10(13)15)11(16)7-12(17)14(18)19-3/h4-8,16H,1-3H3. The predicted molar refractivity (Wildman–Crippen MR) is 74.8 cm³/mol. The van der Waals surface area contributed by atoms with E-state index < -0.39 is 11.8 Å². The third kappa shape index (κ3) is 4.28. The molecule has 0 bridgehead atoms. The van der Waals surface area contributed by atoms with Gasteiger partial charge in [-0.15, -0.1) is 0 Å². The minimum Gasteiger partial charge on any atom is -0.507 e. The van der Waals surface area contributed by atoms with Crippen molar-refractivity contribution in [2.45, 2.75) is 20.0 Å². The lowest BCUT2D eigenvalue weighted by molar-refractivity contribution is -0.149. The van der Waals surface area contributed by atoms with E-state index in [1.807, 2.05) is 13.8 Å². The van der Waals surface area contributed by atoms with E-state index in [9.17, 15) is 14.7 Å².